The van der Waals surface area contributed by atoms with E-state index in [0.29, 0.717) is 30.9 Å². The number of carbonyl (C=O) groups excluding carboxylic acids is 1. The molecule has 0 saturated carbocycles. The molecule has 0 unspecified atom stereocenters. The van der Waals surface area contributed by atoms with Gasteiger partial charge in [0.05, 0.1) is 24.8 Å². The molecule has 1 aliphatic heterocycles. The first-order valence-electron chi connectivity index (χ1n) is 7.14. The van der Waals surface area contributed by atoms with Gasteiger partial charge in [-0.05, 0) is 43.3 Å². The maximum atomic E-state index is 12.7. The molecule has 22 heavy (non-hydrogen) atoms. The third kappa shape index (κ3) is 2.74. The highest BCUT2D eigenvalue weighted by atomic mass is 16.5. The van der Waals surface area contributed by atoms with E-state index in [4.69, 9.17) is 14.4 Å². The predicted octanol–water partition coefficient (Wildman–Crippen LogP) is 2.67. The van der Waals surface area contributed by atoms with Crippen LogP contribution < -0.4 is 0 Å². The monoisotopic (exact) mass is 296 g/mol. The van der Waals surface area contributed by atoms with E-state index in [1.807, 2.05) is 19.1 Å². The van der Waals surface area contributed by atoms with Crippen LogP contribution in [-0.4, -0.2) is 30.6 Å². The van der Waals surface area contributed by atoms with Crippen molar-refractivity contribution in [2.45, 2.75) is 13.0 Å². The van der Waals surface area contributed by atoms with Crippen molar-refractivity contribution in [3.63, 3.8) is 0 Å². The number of hydrogen-bond donors (Lipinski definition) is 0. The van der Waals surface area contributed by atoms with Gasteiger partial charge in [-0.15, -0.1) is 0 Å². The maximum Gasteiger partial charge on any atom is 0.254 e. The Kier molecular flexibility index (Phi) is 3.94. The number of carbonyl (C=O) groups is 1. The van der Waals surface area contributed by atoms with Crippen molar-refractivity contribution < 1.29 is 13.9 Å². The summed E-state index contributed by atoms with van der Waals surface area (Å²) < 4.78 is 11.2. The molecule has 1 aromatic heterocycles. The molecular formula is C17H16N2O3. The lowest BCUT2D eigenvalue weighted by atomic mass is 10.1. The van der Waals surface area contributed by atoms with Gasteiger partial charge in [0.1, 0.15) is 17.6 Å². The van der Waals surface area contributed by atoms with Crippen LogP contribution in [0.15, 0.2) is 40.8 Å². The van der Waals surface area contributed by atoms with Crippen LogP contribution in [0.4, 0.5) is 0 Å². The van der Waals surface area contributed by atoms with Crippen LogP contribution in [-0.2, 0) is 4.74 Å². The molecule has 3 rings (SSSR count). The van der Waals surface area contributed by atoms with Crippen LogP contribution in [0.25, 0.3) is 0 Å². The van der Waals surface area contributed by atoms with Crippen molar-refractivity contribution in [3.05, 3.63) is 59.0 Å². The highest BCUT2D eigenvalue weighted by molar-refractivity contribution is 5.94. The lowest BCUT2D eigenvalue weighted by Gasteiger charge is -2.34. The third-order valence-corrected chi connectivity index (χ3v) is 3.74. The van der Waals surface area contributed by atoms with Gasteiger partial charge in [-0.2, -0.15) is 5.26 Å². The van der Waals surface area contributed by atoms with Gasteiger partial charge in [-0.25, -0.2) is 0 Å². The van der Waals surface area contributed by atoms with Gasteiger partial charge in [0.2, 0.25) is 0 Å². The molecule has 1 aromatic carbocycles. The lowest BCUT2D eigenvalue weighted by Crippen LogP contribution is -2.43. The molecule has 1 fully saturated rings. The van der Waals surface area contributed by atoms with Crippen molar-refractivity contribution in [3.8, 4) is 6.07 Å². The molecule has 0 N–H and O–H groups in total. The molecule has 1 aliphatic rings. The van der Waals surface area contributed by atoms with Crippen molar-refractivity contribution in [2.75, 3.05) is 19.8 Å². The van der Waals surface area contributed by atoms with Crippen LogP contribution in [0.2, 0.25) is 0 Å². The zero-order valence-electron chi connectivity index (χ0n) is 12.3. The second-order valence-corrected chi connectivity index (χ2v) is 5.23. The van der Waals surface area contributed by atoms with Gasteiger partial charge in [0.25, 0.3) is 5.91 Å². The number of ether oxygens (including phenoxy) is 1. The van der Waals surface area contributed by atoms with E-state index in [1.54, 1.807) is 29.2 Å². The molecule has 1 amide bonds. The quantitative estimate of drug-likeness (QED) is 0.854. The van der Waals surface area contributed by atoms with Crippen LogP contribution in [0.1, 0.15) is 33.5 Å². The van der Waals surface area contributed by atoms with E-state index >= 15 is 0 Å². The average Bonchev–Trinajstić information content (AvgIpc) is 3.00. The minimum atomic E-state index is -0.217. The number of hydrogen-bond acceptors (Lipinski definition) is 4. The van der Waals surface area contributed by atoms with Crippen molar-refractivity contribution in [1.82, 2.24) is 4.90 Å². The molecule has 0 spiro atoms. The van der Waals surface area contributed by atoms with Crippen LogP contribution >= 0.6 is 0 Å². The first kappa shape index (κ1) is 14.4. The summed E-state index contributed by atoms with van der Waals surface area (Å²) in [6, 6.07) is 12.3. The van der Waals surface area contributed by atoms with Gasteiger partial charge in [0.15, 0.2) is 0 Å². The molecule has 1 saturated heterocycles. The Bertz CT molecular complexity index is 712. The van der Waals surface area contributed by atoms with E-state index in [2.05, 4.69) is 6.07 Å². The molecule has 1 atom stereocenters. The lowest BCUT2D eigenvalue weighted by molar-refractivity contribution is -0.00894. The Morgan fingerprint density at radius 1 is 1.27 bits per heavy atom. The predicted molar refractivity (Wildman–Crippen MR) is 79.2 cm³/mol. The number of rotatable bonds is 2. The average molecular weight is 296 g/mol. The van der Waals surface area contributed by atoms with Gasteiger partial charge in [-0.3, -0.25) is 4.79 Å². The van der Waals surface area contributed by atoms with Crippen LogP contribution in [0.3, 0.4) is 0 Å². The topological polar surface area (TPSA) is 66.5 Å². The molecule has 2 heterocycles. The molecular weight excluding hydrogens is 280 g/mol. The Balaban J connectivity index is 1.86. The molecule has 0 bridgehead atoms. The number of amides is 1. The Morgan fingerprint density at radius 3 is 2.68 bits per heavy atom. The van der Waals surface area contributed by atoms with Crippen molar-refractivity contribution >= 4 is 5.91 Å². The number of aryl methyl sites for hydroxylation is 1. The molecule has 2 aromatic rings. The van der Waals surface area contributed by atoms with E-state index in [0.717, 1.165) is 11.5 Å². The summed E-state index contributed by atoms with van der Waals surface area (Å²) in [5.74, 6) is 1.47. The normalized spacial score (nSPS) is 18.0. The zero-order valence-corrected chi connectivity index (χ0v) is 12.3. The summed E-state index contributed by atoms with van der Waals surface area (Å²) in [4.78, 5) is 14.5. The maximum absolute atomic E-state index is 12.7. The summed E-state index contributed by atoms with van der Waals surface area (Å²) in [6.45, 7) is 3.33. The SMILES string of the molecule is Cc1ccc([C@H]2COCCN2C(=O)c2ccc(C#N)cc2)o1. The number of nitrogens with zero attached hydrogens (tertiary/aromatic N) is 2. The van der Waals surface area contributed by atoms with Crippen LogP contribution in [0, 0.1) is 18.3 Å². The molecule has 0 aliphatic carbocycles. The van der Waals surface area contributed by atoms with E-state index in [-0.39, 0.29) is 11.9 Å². The second-order valence-electron chi connectivity index (χ2n) is 5.23. The molecule has 112 valence electrons. The van der Waals surface area contributed by atoms with Gasteiger partial charge in [-0.1, -0.05) is 0 Å². The van der Waals surface area contributed by atoms with Gasteiger partial charge in [0, 0.05) is 12.1 Å². The zero-order chi connectivity index (χ0) is 15.5. The van der Waals surface area contributed by atoms with E-state index in [1.165, 1.54) is 0 Å². The minimum absolute atomic E-state index is 0.0770. The summed E-state index contributed by atoms with van der Waals surface area (Å²) in [5, 5.41) is 8.83. The Morgan fingerprint density at radius 2 is 2.05 bits per heavy atom. The van der Waals surface area contributed by atoms with E-state index in [9.17, 15) is 4.79 Å². The third-order valence-electron chi connectivity index (χ3n) is 3.74. The molecule has 5 nitrogen and oxygen atoms in total. The number of benzene rings is 1. The van der Waals surface area contributed by atoms with Crippen LogP contribution in [0.5, 0.6) is 0 Å². The summed E-state index contributed by atoms with van der Waals surface area (Å²) in [7, 11) is 0. The summed E-state index contributed by atoms with van der Waals surface area (Å²) in [6.07, 6.45) is 0. The van der Waals surface area contributed by atoms with E-state index < -0.39 is 0 Å². The Hall–Kier alpha value is -2.58. The fourth-order valence-corrected chi connectivity index (χ4v) is 2.57. The molecule has 0 radical (unpaired) electrons. The highest BCUT2D eigenvalue weighted by Gasteiger charge is 2.31. The summed E-state index contributed by atoms with van der Waals surface area (Å²) in [5.41, 5.74) is 1.10. The standard InChI is InChI=1S/C17H16N2O3/c1-12-2-7-16(22-12)15-11-21-9-8-19(15)17(20)14-5-3-13(10-18)4-6-14/h2-7,15H,8-9,11H2,1H3/t15-/m1/s1. The number of furan rings is 1. The minimum Gasteiger partial charge on any atom is -0.464 e. The first-order chi connectivity index (χ1) is 10.7. The van der Waals surface area contributed by atoms with Crippen molar-refractivity contribution in [2.24, 2.45) is 0 Å². The number of nitriles is 1. The largest absolute Gasteiger partial charge is 0.464 e. The highest BCUT2D eigenvalue weighted by Crippen LogP contribution is 2.27. The van der Waals surface area contributed by atoms with Gasteiger partial charge >= 0.3 is 0 Å². The smallest absolute Gasteiger partial charge is 0.254 e. The van der Waals surface area contributed by atoms with Gasteiger partial charge < -0.3 is 14.1 Å². The van der Waals surface area contributed by atoms with Crippen molar-refractivity contribution in [1.29, 1.82) is 5.26 Å². The first-order valence-corrected chi connectivity index (χ1v) is 7.14. The summed E-state index contributed by atoms with van der Waals surface area (Å²) >= 11 is 0. The number of morpholine rings is 1. The molecule has 5 heteroatoms. The fraction of sp³-hybridized carbons (Fsp3) is 0.294. The second kappa shape index (κ2) is 6.04. The fourth-order valence-electron chi connectivity index (χ4n) is 2.57. The Labute approximate surface area is 128 Å².